The highest BCUT2D eigenvalue weighted by Crippen LogP contribution is 2.26. The molecule has 1 aliphatic rings. The summed E-state index contributed by atoms with van der Waals surface area (Å²) in [4.78, 5) is 10.5. The Kier molecular flexibility index (Phi) is 8.26. The summed E-state index contributed by atoms with van der Waals surface area (Å²) in [6, 6.07) is 4.86. The number of hydrogen-bond acceptors (Lipinski definition) is 6. The molecule has 2 N–H and O–H groups in total. The fourth-order valence-electron chi connectivity index (χ4n) is 3.84. The van der Waals surface area contributed by atoms with Crippen LogP contribution in [0.2, 0.25) is 0 Å². The first kappa shape index (κ1) is 22.7. The van der Waals surface area contributed by atoms with Crippen molar-refractivity contribution in [3.05, 3.63) is 40.3 Å². The monoisotopic (exact) mass is 433 g/mol. The average molecular weight is 434 g/mol. The highest BCUT2D eigenvalue weighted by molar-refractivity contribution is 7.10. The summed E-state index contributed by atoms with van der Waals surface area (Å²) in [6.45, 7) is 6.37. The van der Waals surface area contributed by atoms with Crippen LogP contribution < -0.4 is 10.6 Å². The lowest BCUT2D eigenvalue weighted by Gasteiger charge is -2.37. The lowest BCUT2D eigenvalue weighted by Crippen LogP contribution is -2.48. The van der Waals surface area contributed by atoms with Crippen molar-refractivity contribution in [2.75, 3.05) is 53.9 Å². The maximum atomic E-state index is 5.75. The number of nitrogens with one attached hydrogen (secondary N) is 2. The number of aliphatic imine (C=N–C) groups is 1. The van der Waals surface area contributed by atoms with Gasteiger partial charge in [-0.25, -0.2) is 0 Å². The van der Waals surface area contributed by atoms with E-state index in [9.17, 15) is 0 Å². The molecule has 0 bridgehead atoms. The topological polar surface area (TPSA) is 70.0 Å². The summed E-state index contributed by atoms with van der Waals surface area (Å²) in [5.74, 6) is 0.814. The minimum absolute atomic E-state index is 0.213. The van der Waals surface area contributed by atoms with Crippen LogP contribution in [0.3, 0.4) is 0 Å². The first-order chi connectivity index (χ1) is 14.5. The Morgan fingerprint density at radius 1 is 1.40 bits per heavy atom. The molecular weight excluding hydrogens is 398 g/mol. The van der Waals surface area contributed by atoms with Gasteiger partial charge in [0.2, 0.25) is 0 Å². The van der Waals surface area contributed by atoms with Gasteiger partial charge in [-0.3, -0.25) is 14.6 Å². The maximum absolute atomic E-state index is 5.75. The number of likely N-dealkylation sites (N-methyl/N-ethyl adjacent to an activating group) is 1. The molecule has 1 saturated heterocycles. The number of rotatable bonds is 8. The van der Waals surface area contributed by atoms with Gasteiger partial charge in [-0.15, -0.1) is 11.3 Å². The van der Waals surface area contributed by atoms with Crippen LogP contribution in [0.1, 0.15) is 29.4 Å². The largest absolute Gasteiger partial charge is 0.376 e. The average Bonchev–Trinajstić information content (AvgIpc) is 3.39. The van der Waals surface area contributed by atoms with Crippen LogP contribution >= 0.6 is 11.3 Å². The van der Waals surface area contributed by atoms with Crippen LogP contribution in [0, 0.1) is 0 Å². The highest BCUT2D eigenvalue weighted by atomic mass is 32.1. The Hall–Kier alpha value is -1.94. The molecule has 8 nitrogen and oxygen atoms in total. The van der Waals surface area contributed by atoms with Gasteiger partial charge in [0, 0.05) is 56.9 Å². The molecule has 3 heterocycles. The van der Waals surface area contributed by atoms with Crippen molar-refractivity contribution in [3.63, 3.8) is 0 Å². The lowest BCUT2D eigenvalue weighted by atomic mass is 10.1. The summed E-state index contributed by atoms with van der Waals surface area (Å²) in [7, 11) is 7.94. The van der Waals surface area contributed by atoms with E-state index < -0.39 is 0 Å². The number of nitrogens with zero attached hydrogens (tertiary/aromatic N) is 5. The van der Waals surface area contributed by atoms with E-state index in [-0.39, 0.29) is 12.1 Å². The molecule has 2 aromatic heterocycles. The number of aromatic nitrogens is 2. The molecule has 166 valence electrons. The van der Waals surface area contributed by atoms with E-state index in [2.05, 4.69) is 75.3 Å². The van der Waals surface area contributed by atoms with Crippen LogP contribution in [0.15, 0.2) is 34.9 Å². The van der Waals surface area contributed by atoms with Gasteiger partial charge in [0.25, 0.3) is 0 Å². The number of thiophene rings is 1. The van der Waals surface area contributed by atoms with E-state index in [1.807, 2.05) is 36.3 Å². The predicted octanol–water partition coefficient (Wildman–Crippen LogP) is 1.71. The number of hydrogen-bond donors (Lipinski definition) is 2. The molecule has 0 saturated carbocycles. The normalized spacial score (nSPS) is 20.3. The quantitative estimate of drug-likeness (QED) is 0.488. The van der Waals surface area contributed by atoms with E-state index >= 15 is 0 Å². The van der Waals surface area contributed by atoms with Crippen molar-refractivity contribution in [1.29, 1.82) is 0 Å². The first-order valence-electron chi connectivity index (χ1n) is 10.5. The Morgan fingerprint density at radius 2 is 2.20 bits per heavy atom. The number of aryl methyl sites for hydroxylation is 1. The second kappa shape index (κ2) is 10.9. The van der Waals surface area contributed by atoms with Crippen molar-refractivity contribution in [2.24, 2.45) is 12.0 Å². The SMILES string of the molecule is CN=C(NCC(c1cnn(C)c1)N(C)C)NCC(c1cccs1)N1CCOC(C)C1. The van der Waals surface area contributed by atoms with E-state index in [0.29, 0.717) is 6.04 Å². The molecule has 3 rings (SSSR count). The van der Waals surface area contributed by atoms with Crippen molar-refractivity contribution >= 4 is 17.3 Å². The molecule has 0 amide bonds. The molecule has 0 aliphatic carbocycles. The zero-order valence-corrected chi connectivity index (χ0v) is 19.5. The molecule has 30 heavy (non-hydrogen) atoms. The number of ether oxygens (including phenoxy) is 1. The van der Waals surface area contributed by atoms with Gasteiger partial charge in [-0.2, -0.15) is 5.10 Å². The molecule has 1 aliphatic heterocycles. The summed E-state index contributed by atoms with van der Waals surface area (Å²) in [6.07, 6.45) is 4.25. The van der Waals surface area contributed by atoms with Gasteiger partial charge in [0.05, 0.1) is 31.0 Å². The number of morpholine rings is 1. The van der Waals surface area contributed by atoms with Crippen LogP contribution in [-0.2, 0) is 11.8 Å². The fraction of sp³-hybridized carbons (Fsp3) is 0.619. The molecule has 9 heteroatoms. The summed E-state index contributed by atoms with van der Waals surface area (Å²) >= 11 is 1.81. The van der Waals surface area contributed by atoms with Gasteiger partial charge in [0.15, 0.2) is 5.96 Å². The number of guanidine groups is 1. The van der Waals surface area contributed by atoms with E-state index in [1.165, 1.54) is 10.4 Å². The summed E-state index contributed by atoms with van der Waals surface area (Å²) in [5.41, 5.74) is 1.18. The Morgan fingerprint density at radius 3 is 2.80 bits per heavy atom. The second-order valence-electron chi connectivity index (χ2n) is 7.97. The minimum Gasteiger partial charge on any atom is -0.376 e. The summed E-state index contributed by atoms with van der Waals surface area (Å²) in [5, 5.41) is 13.5. The smallest absolute Gasteiger partial charge is 0.191 e. The summed E-state index contributed by atoms with van der Waals surface area (Å²) < 4.78 is 7.59. The molecular formula is C21H35N7OS. The van der Waals surface area contributed by atoms with Crippen molar-refractivity contribution in [3.8, 4) is 0 Å². The molecule has 3 atom stereocenters. The van der Waals surface area contributed by atoms with E-state index in [4.69, 9.17) is 4.74 Å². The minimum atomic E-state index is 0.213. The predicted molar refractivity (Wildman–Crippen MR) is 123 cm³/mol. The third-order valence-electron chi connectivity index (χ3n) is 5.47. The second-order valence-corrected chi connectivity index (χ2v) is 8.95. The van der Waals surface area contributed by atoms with Crippen LogP contribution in [0.25, 0.3) is 0 Å². The van der Waals surface area contributed by atoms with Gasteiger partial charge in [-0.1, -0.05) is 6.07 Å². The Balaban J connectivity index is 1.61. The first-order valence-corrected chi connectivity index (χ1v) is 11.3. The third kappa shape index (κ3) is 6.04. The van der Waals surface area contributed by atoms with Gasteiger partial charge in [0.1, 0.15) is 0 Å². The maximum Gasteiger partial charge on any atom is 0.191 e. The van der Waals surface area contributed by atoms with Crippen molar-refractivity contribution in [1.82, 2.24) is 30.2 Å². The molecule has 1 fully saturated rings. The van der Waals surface area contributed by atoms with E-state index in [0.717, 1.165) is 38.7 Å². The van der Waals surface area contributed by atoms with Gasteiger partial charge < -0.3 is 20.3 Å². The van der Waals surface area contributed by atoms with Gasteiger partial charge >= 0.3 is 0 Å². The molecule has 0 radical (unpaired) electrons. The van der Waals surface area contributed by atoms with E-state index in [1.54, 1.807) is 0 Å². The standard InChI is InChI=1S/C21H35N7OS/c1-16-14-28(8-9-29-16)19(20-7-6-10-30-20)13-24-21(22-2)23-12-18(26(3)4)17-11-25-27(5)15-17/h6-7,10-11,15-16,18-19H,8-9,12-14H2,1-5H3,(H2,22,23,24). The van der Waals surface area contributed by atoms with Crippen molar-refractivity contribution < 1.29 is 4.74 Å². The zero-order valence-electron chi connectivity index (χ0n) is 18.7. The van der Waals surface area contributed by atoms with Crippen LogP contribution in [0.5, 0.6) is 0 Å². The Bertz CT molecular complexity index is 789. The van der Waals surface area contributed by atoms with Crippen LogP contribution in [0.4, 0.5) is 0 Å². The van der Waals surface area contributed by atoms with Gasteiger partial charge in [-0.05, 0) is 32.5 Å². The Labute approximate surface area is 183 Å². The molecule has 0 spiro atoms. The third-order valence-corrected chi connectivity index (χ3v) is 6.44. The van der Waals surface area contributed by atoms with Crippen molar-refractivity contribution in [2.45, 2.75) is 25.1 Å². The molecule has 2 aromatic rings. The molecule has 0 aromatic carbocycles. The zero-order chi connectivity index (χ0) is 21.5. The fourth-order valence-corrected chi connectivity index (χ4v) is 4.70. The highest BCUT2D eigenvalue weighted by Gasteiger charge is 2.26. The lowest BCUT2D eigenvalue weighted by molar-refractivity contribution is -0.0334. The molecule has 3 unspecified atom stereocenters. The van der Waals surface area contributed by atoms with Crippen LogP contribution in [-0.4, -0.2) is 85.6 Å².